The Labute approximate surface area is 118 Å². The minimum Gasteiger partial charge on any atom is -0.490 e. The highest BCUT2D eigenvalue weighted by Crippen LogP contribution is 2.19. The van der Waals surface area contributed by atoms with E-state index < -0.39 is 5.91 Å². The van der Waals surface area contributed by atoms with Crippen LogP contribution in [0.4, 0.5) is 0 Å². The molecule has 0 saturated heterocycles. The molecule has 104 valence electrons. The van der Waals surface area contributed by atoms with E-state index in [1.165, 1.54) is 0 Å². The van der Waals surface area contributed by atoms with Crippen LogP contribution < -0.4 is 15.2 Å². The molecular weight excluding hydrogens is 254 g/mol. The summed E-state index contributed by atoms with van der Waals surface area (Å²) < 4.78 is 11.1. The molecule has 2 aromatic rings. The van der Waals surface area contributed by atoms with Gasteiger partial charge in [0, 0.05) is 0 Å². The van der Waals surface area contributed by atoms with Crippen LogP contribution in [0.1, 0.15) is 15.9 Å². The first-order valence-corrected chi connectivity index (χ1v) is 6.38. The zero-order valence-corrected chi connectivity index (χ0v) is 11.3. The van der Waals surface area contributed by atoms with E-state index >= 15 is 0 Å². The molecule has 0 fully saturated rings. The Morgan fingerprint density at radius 2 is 1.75 bits per heavy atom. The summed E-state index contributed by atoms with van der Waals surface area (Å²) in [5, 5.41) is 0. The molecule has 0 aliphatic rings. The molecule has 0 bridgehead atoms. The topological polar surface area (TPSA) is 61.6 Å². The number of para-hydroxylation sites is 1. The molecule has 2 aromatic carbocycles. The van der Waals surface area contributed by atoms with Gasteiger partial charge in [-0.2, -0.15) is 0 Å². The fraction of sp³-hybridized carbons (Fsp3) is 0.188. The van der Waals surface area contributed by atoms with E-state index in [4.69, 9.17) is 15.2 Å². The largest absolute Gasteiger partial charge is 0.490 e. The van der Waals surface area contributed by atoms with E-state index in [1.54, 1.807) is 12.1 Å². The Hall–Kier alpha value is -2.49. The molecule has 0 radical (unpaired) electrons. The number of ether oxygens (including phenoxy) is 2. The van der Waals surface area contributed by atoms with Gasteiger partial charge >= 0.3 is 0 Å². The third-order valence-electron chi connectivity index (χ3n) is 2.76. The highest BCUT2D eigenvalue weighted by atomic mass is 16.5. The number of carbonyl (C=O) groups is 1. The SMILES string of the molecule is Cc1ccc(C(N)=O)c(OCCOc2ccccc2)c1. The van der Waals surface area contributed by atoms with Crippen LogP contribution in [-0.4, -0.2) is 19.1 Å². The maximum absolute atomic E-state index is 11.3. The van der Waals surface area contributed by atoms with Crippen LogP contribution in [0.3, 0.4) is 0 Å². The van der Waals surface area contributed by atoms with Crippen LogP contribution in [0.15, 0.2) is 48.5 Å². The molecule has 0 unspecified atom stereocenters. The lowest BCUT2D eigenvalue weighted by atomic mass is 10.1. The molecule has 4 heteroatoms. The zero-order chi connectivity index (χ0) is 14.4. The molecule has 0 spiro atoms. The number of hydrogen-bond donors (Lipinski definition) is 1. The third kappa shape index (κ3) is 3.75. The summed E-state index contributed by atoms with van der Waals surface area (Å²) in [6.07, 6.45) is 0. The number of primary amides is 1. The normalized spacial score (nSPS) is 10.1. The van der Waals surface area contributed by atoms with Crippen LogP contribution in [0.2, 0.25) is 0 Å². The summed E-state index contributed by atoms with van der Waals surface area (Å²) in [4.78, 5) is 11.3. The lowest BCUT2D eigenvalue weighted by Gasteiger charge is -2.11. The molecule has 0 aliphatic carbocycles. The fourth-order valence-electron chi connectivity index (χ4n) is 1.78. The molecule has 1 amide bonds. The Morgan fingerprint density at radius 1 is 1.05 bits per heavy atom. The third-order valence-corrected chi connectivity index (χ3v) is 2.76. The van der Waals surface area contributed by atoms with Gasteiger partial charge in [-0.25, -0.2) is 0 Å². The molecule has 0 aromatic heterocycles. The molecule has 4 nitrogen and oxygen atoms in total. The number of aryl methyl sites for hydroxylation is 1. The second-order valence-corrected chi connectivity index (χ2v) is 4.37. The fourth-order valence-corrected chi connectivity index (χ4v) is 1.78. The molecule has 0 heterocycles. The van der Waals surface area contributed by atoms with E-state index in [-0.39, 0.29) is 0 Å². The number of benzene rings is 2. The first-order valence-electron chi connectivity index (χ1n) is 6.38. The molecule has 20 heavy (non-hydrogen) atoms. The van der Waals surface area contributed by atoms with Gasteiger partial charge in [-0.15, -0.1) is 0 Å². The van der Waals surface area contributed by atoms with Gasteiger partial charge in [-0.05, 0) is 36.8 Å². The minimum atomic E-state index is -0.496. The molecule has 0 atom stereocenters. The van der Waals surface area contributed by atoms with Crippen LogP contribution >= 0.6 is 0 Å². The van der Waals surface area contributed by atoms with Crippen molar-refractivity contribution in [2.75, 3.05) is 13.2 Å². The Morgan fingerprint density at radius 3 is 2.45 bits per heavy atom. The van der Waals surface area contributed by atoms with E-state index in [0.717, 1.165) is 11.3 Å². The number of nitrogens with two attached hydrogens (primary N) is 1. The van der Waals surface area contributed by atoms with Crippen molar-refractivity contribution in [3.63, 3.8) is 0 Å². The van der Waals surface area contributed by atoms with E-state index in [1.807, 2.05) is 43.3 Å². The summed E-state index contributed by atoms with van der Waals surface area (Å²) in [6.45, 7) is 2.67. The Kier molecular flexibility index (Phi) is 4.60. The molecule has 2 rings (SSSR count). The van der Waals surface area contributed by atoms with E-state index in [2.05, 4.69) is 0 Å². The van der Waals surface area contributed by atoms with Crippen molar-refractivity contribution in [2.24, 2.45) is 5.73 Å². The Balaban J connectivity index is 1.91. The van der Waals surface area contributed by atoms with Gasteiger partial charge < -0.3 is 15.2 Å². The first-order chi connectivity index (χ1) is 9.66. The van der Waals surface area contributed by atoms with Crippen molar-refractivity contribution < 1.29 is 14.3 Å². The van der Waals surface area contributed by atoms with Crippen LogP contribution in [-0.2, 0) is 0 Å². The average Bonchev–Trinajstić information content (AvgIpc) is 2.44. The standard InChI is InChI=1S/C16H17NO3/c1-12-7-8-14(16(17)18)15(11-12)20-10-9-19-13-5-3-2-4-6-13/h2-8,11H,9-10H2,1H3,(H2,17,18). The monoisotopic (exact) mass is 271 g/mol. The van der Waals surface area contributed by atoms with E-state index in [9.17, 15) is 4.79 Å². The summed E-state index contributed by atoms with van der Waals surface area (Å²) in [5.74, 6) is 0.786. The van der Waals surface area contributed by atoms with Crippen molar-refractivity contribution in [3.05, 3.63) is 59.7 Å². The van der Waals surface area contributed by atoms with Crippen molar-refractivity contribution >= 4 is 5.91 Å². The van der Waals surface area contributed by atoms with Gasteiger partial charge in [0.15, 0.2) is 0 Å². The van der Waals surface area contributed by atoms with Crippen molar-refractivity contribution in [1.82, 2.24) is 0 Å². The molecule has 2 N–H and O–H groups in total. The smallest absolute Gasteiger partial charge is 0.252 e. The number of amides is 1. The average molecular weight is 271 g/mol. The summed E-state index contributed by atoms with van der Waals surface area (Å²) in [7, 11) is 0. The number of rotatable bonds is 6. The summed E-state index contributed by atoms with van der Waals surface area (Å²) in [5.41, 5.74) is 6.70. The maximum atomic E-state index is 11.3. The van der Waals surface area contributed by atoms with Crippen LogP contribution in [0.5, 0.6) is 11.5 Å². The lowest BCUT2D eigenvalue weighted by molar-refractivity contribution is 0.0995. The second-order valence-electron chi connectivity index (χ2n) is 4.37. The van der Waals surface area contributed by atoms with Gasteiger partial charge in [-0.1, -0.05) is 24.3 Å². The molecule has 0 saturated carbocycles. The first kappa shape index (κ1) is 13.9. The predicted octanol–water partition coefficient (Wildman–Crippen LogP) is 2.55. The molecular formula is C16H17NO3. The molecule has 0 aliphatic heterocycles. The Bertz CT molecular complexity index is 582. The van der Waals surface area contributed by atoms with Crippen molar-refractivity contribution in [2.45, 2.75) is 6.92 Å². The summed E-state index contributed by atoms with van der Waals surface area (Å²) in [6, 6.07) is 14.8. The van der Waals surface area contributed by atoms with Crippen molar-refractivity contribution in [1.29, 1.82) is 0 Å². The van der Waals surface area contributed by atoms with Crippen molar-refractivity contribution in [3.8, 4) is 11.5 Å². The second kappa shape index (κ2) is 6.61. The summed E-state index contributed by atoms with van der Waals surface area (Å²) >= 11 is 0. The van der Waals surface area contributed by atoms with E-state index in [0.29, 0.717) is 24.5 Å². The quantitative estimate of drug-likeness (QED) is 0.821. The van der Waals surface area contributed by atoms with Gasteiger partial charge in [-0.3, -0.25) is 4.79 Å². The predicted molar refractivity (Wildman–Crippen MR) is 77.1 cm³/mol. The van der Waals surface area contributed by atoms with Gasteiger partial charge in [0.25, 0.3) is 5.91 Å². The number of hydrogen-bond acceptors (Lipinski definition) is 3. The zero-order valence-electron chi connectivity index (χ0n) is 11.3. The van der Waals surface area contributed by atoms with Crippen LogP contribution in [0, 0.1) is 6.92 Å². The highest BCUT2D eigenvalue weighted by molar-refractivity contribution is 5.95. The van der Waals surface area contributed by atoms with Crippen LogP contribution in [0.25, 0.3) is 0 Å². The lowest BCUT2D eigenvalue weighted by Crippen LogP contribution is -2.15. The number of carbonyl (C=O) groups excluding carboxylic acids is 1. The highest BCUT2D eigenvalue weighted by Gasteiger charge is 2.09. The van der Waals surface area contributed by atoms with Gasteiger partial charge in [0.2, 0.25) is 0 Å². The van der Waals surface area contributed by atoms with Gasteiger partial charge in [0.05, 0.1) is 5.56 Å². The maximum Gasteiger partial charge on any atom is 0.252 e. The minimum absolute atomic E-state index is 0.346. The van der Waals surface area contributed by atoms with Gasteiger partial charge in [0.1, 0.15) is 24.7 Å².